The molecule has 0 heterocycles. The zero-order valence-electron chi connectivity index (χ0n) is 9.11. The summed E-state index contributed by atoms with van der Waals surface area (Å²) in [4.78, 5) is 21.6. The molecule has 0 aliphatic heterocycles. The molecule has 2 atom stereocenters. The highest BCUT2D eigenvalue weighted by atomic mass is 16.4. The molecule has 15 heavy (non-hydrogen) atoms. The number of rotatable bonds is 8. The van der Waals surface area contributed by atoms with Crippen LogP contribution in [0.15, 0.2) is 0 Å². The van der Waals surface area contributed by atoms with Crippen molar-refractivity contribution in [2.24, 2.45) is 17.4 Å². The molecule has 0 spiro atoms. The van der Waals surface area contributed by atoms with Gasteiger partial charge in [-0.05, 0) is 6.42 Å². The number of amides is 1. The summed E-state index contributed by atoms with van der Waals surface area (Å²) in [7, 11) is 0. The van der Waals surface area contributed by atoms with Gasteiger partial charge in [-0.1, -0.05) is 32.6 Å². The Morgan fingerprint density at radius 3 is 2.27 bits per heavy atom. The van der Waals surface area contributed by atoms with Gasteiger partial charge in [-0.3, -0.25) is 9.59 Å². The second-order valence-electron chi connectivity index (χ2n) is 3.72. The first-order valence-corrected chi connectivity index (χ1v) is 5.28. The second kappa shape index (κ2) is 7.23. The lowest BCUT2D eigenvalue weighted by molar-refractivity contribution is -0.142. The normalized spacial score (nSPS) is 14.5. The summed E-state index contributed by atoms with van der Waals surface area (Å²) in [6.07, 6.45) is 4.40. The highest BCUT2D eigenvalue weighted by Crippen LogP contribution is 2.13. The average Bonchev–Trinajstić information content (AvgIpc) is 2.16. The van der Waals surface area contributed by atoms with Gasteiger partial charge in [0.15, 0.2) is 0 Å². The number of carbonyl (C=O) groups excluding carboxylic acids is 1. The number of carbonyl (C=O) groups is 2. The molecular formula is C10H20N2O3. The van der Waals surface area contributed by atoms with Crippen LogP contribution in [0.3, 0.4) is 0 Å². The monoisotopic (exact) mass is 216 g/mol. The Kier molecular flexibility index (Phi) is 6.70. The number of hydrogen-bond acceptors (Lipinski definition) is 3. The van der Waals surface area contributed by atoms with Crippen LogP contribution < -0.4 is 11.5 Å². The summed E-state index contributed by atoms with van der Waals surface area (Å²) >= 11 is 0. The van der Waals surface area contributed by atoms with E-state index in [2.05, 4.69) is 6.92 Å². The van der Waals surface area contributed by atoms with Crippen molar-refractivity contribution in [2.45, 2.75) is 45.1 Å². The van der Waals surface area contributed by atoms with Crippen molar-refractivity contribution in [1.82, 2.24) is 0 Å². The van der Waals surface area contributed by atoms with Crippen LogP contribution >= 0.6 is 0 Å². The molecule has 1 amide bonds. The van der Waals surface area contributed by atoms with Gasteiger partial charge in [0.1, 0.15) is 6.04 Å². The zero-order chi connectivity index (χ0) is 11.8. The van der Waals surface area contributed by atoms with Crippen molar-refractivity contribution >= 4 is 11.9 Å². The molecule has 0 aliphatic carbocycles. The summed E-state index contributed by atoms with van der Waals surface area (Å²) in [5.74, 6) is -2.55. The van der Waals surface area contributed by atoms with E-state index in [0.29, 0.717) is 6.42 Å². The minimum absolute atomic E-state index is 0.461. The van der Waals surface area contributed by atoms with Gasteiger partial charge in [0.25, 0.3) is 0 Å². The maximum atomic E-state index is 11.0. The Hall–Kier alpha value is -1.10. The van der Waals surface area contributed by atoms with Gasteiger partial charge in [0, 0.05) is 0 Å². The first kappa shape index (κ1) is 13.9. The summed E-state index contributed by atoms with van der Waals surface area (Å²) in [6.45, 7) is 2.08. The van der Waals surface area contributed by atoms with Crippen molar-refractivity contribution in [3.05, 3.63) is 0 Å². The van der Waals surface area contributed by atoms with Crippen LogP contribution in [0.4, 0.5) is 0 Å². The van der Waals surface area contributed by atoms with Gasteiger partial charge in [-0.15, -0.1) is 0 Å². The van der Waals surface area contributed by atoms with Crippen molar-refractivity contribution in [2.75, 3.05) is 0 Å². The minimum Gasteiger partial charge on any atom is -0.480 e. The Morgan fingerprint density at radius 1 is 1.27 bits per heavy atom. The molecule has 0 bridgehead atoms. The topological polar surface area (TPSA) is 106 Å². The number of unbranched alkanes of at least 4 members (excludes halogenated alkanes) is 3. The standard InChI is InChI=1S/C10H20N2O3/c1-2-3-4-5-6-7(9(12)13)8(11)10(14)15/h7-8H,2-6,11H2,1H3,(H2,12,13)(H,14,15). The number of hydrogen-bond donors (Lipinski definition) is 3. The predicted molar refractivity (Wildman–Crippen MR) is 57.1 cm³/mol. The molecule has 0 aromatic carbocycles. The van der Waals surface area contributed by atoms with E-state index in [1.807, 2.05) is 0 Å². The Morgan fingerprint density at radius 2 is 1.87 bits per heavy atom. The number of carboxylic acids is 1. The summed E-state index contributed by atoms with van der Waals surface area (Å²) in [5.41, 5.74) is 10.5. The average molecular weight is 216 g/mol. The molecule has 0 aromatic heterocycles. The molecule has 0 aliphatic rings. The number of nitrogens with two attached hydrogens (primary N) is 2. The molecule has 5 heteroatoms. The van der Waals surface area contributed by atoms with Crippen molar-refractivity contribution in [3.63, 3.8) is 0 Å². The molecule has 88 valence electrons. The fraction of sp³-hybridized carbons (Fsp3) is 0.800. The van der Waals surface area contributed by atoms with Crippen LogP contribution in [0, 0.1) is 5.92 Å². The smallest absolute Gasteiger partial charge is 0.321 e. The second-order valence-corrected chi connectivity index (χ2v) is 3.72. The highest BCUT2D eigenvalue weighted by Gasteiger charge is 2.28. The lowest BCUT2D eigenvalue weighted by atomic mass is 9.93. The van der Waals surface area contributed by atoms with Gasteiger partial charge in [0.2, 0.25) is 5.91 Å². The zero-order valence-corrected chi connectivity index (χ0v) is 9.11. The maximum absolute atomic E-state index is 11.0. The SMILES string of the molecule is CCCCCCC(C(N)=O)C(N)C(=O)O. The van der Waals surface area contributed by atoms with Gasteiger partial charge >= 0.3 is 5.97 Å². The van der Waals surface area contributed by atoms with Crippen molar-refractivity contribution in [3.8, 4) is 0 Å². The van der Waals surface area contributed by atoms with Crippen LogP contribution in [-0.2, 0) is 9.59 Å². The summed E-state index contributed by atoms with van der Waals surface area (Å²) in [6, 6.07) is -1.18. The largest absolute Gasteiger partial charge is 0.480 e. The maximum Gasteiger partial charge on any atom is 0.321 e. The quantitative estimate of drug-likeness (QED) is 0.513. The molecule has 0 fully saturated rings. The van der Waals surface area contributed by atoms with Gasteiger partial charge < -0.3 is 16.6 Å². The molecule has 0 radical (unpaired) electrons. The number of primary amides is 1. The van der Waals surface area contributed by atoms with Crippen LogP contribution in [0.5, 0.6) is 0 Å². The van der Waals surface area contributed by atoms with Crippen LogP contribution in [-0.4, -0.2) is 23.0 Å². The van der Waals surface area contributed by atoms with E-state index in [1.54, 1.807) is 0 Å². The molecule has 2 unspecified atom stereocenters. The van der Waals surface area contributed by atoms with E-state index in [9.17, 15) is 9.59 Å². The van der Waals surface area contributed by atoms with Crippen LogP contribution in [0.1, 0.15) is 39.0 Å². The van der Waals surface area contributed by atoms with Gasteiger partial charge in [0.05, 0.1) is 5.92 Å². The van der Waals surface area contributed by atoms with Crippen molar-refractivity contribution < 1.29 is 14.7 Å². The van der Waals surface area contributed by atoms with Gasteiger partial charge in [-0.25, -0.2) is 0 Å². The van der Waals surface area contributed by atoms with E-state index in [0.717, 1.165) is 25.7 Å². The number of carboxylic acid groups (broad SMARTS) is 1. The lowest BCUT2D eigenvalue weighted by Crippen LogP contribution is -2.44. The van der Waals surface area contributed by atoms with E-state index in [1.165, 1.54) is 0 Å². The Balaban J connectivity index is 4.05. The molecule has 0 aromatic rings. The molecule has 5 nitrogen and oxygen atoms in total. The molecule has 0 rings (SSSR count). The third-order valence-corrected chi connectivity index (χ3v) is 2.45. The first-order chi connectivity index (χ1) is 7.00. The third-order valence-electron chi connectivity index (χ3n) is 2.45. The lowest BCUT2D eigenvalue weighted by Gasteiger charge is -2.16. The molecule has 5 N–H and O–H groups in total. The van der Waals surface area contributed by atoms with E-state index < -0.39 is 23.8 Å². The summed E-state index contributed by atoms with van der Waals surface area (Å²) < 4.78 is 0. The molecule has 0 saturated heterocycles. The molecular weight excluding hydrogens is 196 g/mol. The highest BCUT2D eigenvalue weighted by molar-refractivity contribution is 5.85. The first-order valence-electron chi connectivity index (χ1n) is 5.28. The van der Waals surface area contributed by atoms with E-state index in [-0.39, 0.29) is 0 Å². The molecule has 0 saturated carbocycles. The van der Waals surface area contributed by atoms with Crippen LogP contribution in [0.2, 0.25) is 0 Å². The van der Waals surface area contributed by atoms with E-state index >= 15 is 0 Å². The fourth-order valence-corrected chi connectivity index (χ4v) is 1.46. The Labute approximate surface area is 89.8 Å². The minimum atomic E-state index is -1.18. The third kappa shape index (κ3) is 5.37. The van der Waals surface area contributed by atoms with Crippen molar-refractivity contribution in [1.29, 1.82) is 0 Å². The van der Waals surface area contributed by atoms with E-state index in [4.69, 9.17) is 16.6 Å². The summed E-state index contributed by atoms with van der Waals surface area (Å²) in [5, 5.41) is 8.67. The number of aliphatic carboxylic acids is 1. The van der Waals surface area contributed by atoms with Crippen LogP contribution in [0.25, 0.3) is 0 Å². The Bertz CT molecular complexity index is 219. The van der Waals surface area contributed by atoms with Gasteiger partial charge in [-0.2, -0.15) is 0 Å². The fourth-order valence-electron chi connectivity index (χ4n) is 1.46. The predicted octanol–water partition coefficient (Wildman–Crippen LogP) is 0.470.